The molecule has 0 atom stereocenters. The summed E-state index contributed by atoms with van der Waals surface area (Å²) in [5.74, 6) is -2.76. The molecule has 0 aliphatic heterocycles. The van der Waals surface area contributed by atoms with E-state index in [1.807, 2.05) is 0 Å². The third kappa shape index (κ3) is 4.33. The van der Waals surface area contributed by atoms with Crippen molar-refractivity contribution < 1.29 is 18.0 Å². The van der Waals surface area contributed by atoms with Crippen LogP contribution in [-0.4, -0.2) is 26.2 Å². The first-order valence-electron chi connectivity index (χ1n) is 9.08. The second-order valence-corrected chi connectivity index (χ2v) is 7.63. The number of aryl methyl sites for hydroxylation is 1. The van der Waals surface area contributed by atoms with E-state index < -0.39 is 28.9 Å². The van der Waals surface area contributed by atoms with Gasteiger partial charge in [-0.2, -0.15) is 0 Å². The van der Waals surface area contributed by atoms with Crippen LogP contribution in [0.3, 0.4) is 0 Å². The maximum absolute atomic E-state index is 13.8. The molecule has 2 N–H and O–H groups in total. The van der Waals surface area contributed by atoms with E-state index in [9.17, 15) is 22.8 Å². The number of carbonyl (C=O) groups excluding carboxylic acids is 1. The van der Waals surface area contributed by atoms with E-state index in [2.05, 4.69) is 15.3 Å². The standard InChI is InChI=1S/C21H15F3N4O2S/c1-11-8-17-19(25-11)20(30)28(14-5-2-12(22)3-6-14)21(27-17)31-10-18(29)26-16-9-13(23)4-7-15(16)24/h2-9,25H,10H2,1H3,(H,26,29). The van der Waals surface area contributed by atoms with E-state index in [1.165, 1.54) is 28.8 Å². The Kier molecular flexibility index (Phi) is 5.55. The molecule has 0 fully saturated rings. The van der Waals surface area contributed by atoms with Crippen LogP contribution in [0.1, 0.15) is 5.69 Å². The number of benzene rings is 2. The molecule has 0 unspecified atom stereocenters. The van der Waals surface area contributed by atoms with Crippen molar-refractivity contribution in [2.45, 2.75) is 12.1 Å². The number of H-pyrrole nitrogens is 1. The van der Waals surface area contributed by atoms with Gasteiger partial charge in [0.1, 0.15) is 23.0 Å². The number of thioether (sulfide) groups is 1. The summed E-state index contributed by atoms with van der Waals surface area (Å²) in [4.78, 5) is 32.8. The number of aromatic amines is 1. The van der Waals surface area contributed by atoms with Crippen LogP contribution in [0, 0.1) is 24.4 Å². The number of amides is 1. The van der Waals surface area contributed by atoms with Crippen molar-refractivity contribution in [1.29, 1.82) is 0 Å². The van der Waals surface area contributed by atoms with E-state index in [4.69, 9.17) is 0 Å². The van der Waals surface area contributed by atoms with Crippen LogP contribution in [0.4, 0.5) is 18.9 Å². The van der Waals surface area contributed by atoms with E-state index in [1.54, 1.807) is 13.0 Å². The average molecular weight is 444 g/mol. The van der Waals surface area contributed by atoms with Crippen LogP contribution >= 0.6 is 11.8 Å². The summed E-state index contributed by atoms with van der Waals surface area (Å²) in [7, 11) is 0. The monoisotopic (exact) mass is 444 g/mol. The highest BCUT2D eigenvalue weighted by atomic mass is 32.2. The van der Waals surface area contributed by atoms with Crippen molar-refractivity contribution in [3.8, 4) is 5.69 Å². The lowest BCUT2D eigenvalue weighted by atomic mass is 10.3. The summed E-state index contributed by atoms with van der Waals surface area (Å²) in [6.07, 6.45) is 0. The maximum Gasteiger partial charge on any atom is 0.283 e. The summed E-state index contributed by atoms with van der Waals surface area (Å²) in [5, 5.41) is 2.49. The molecule has 4 rings (SSSR count). The van der Waals surface area contributed by atoms with Crippen molar-refractivity contribution >= 4 is 34.4 Å². The van der Waals surface area contributed by atoms with Crippen LogP contribution < -0.4 is 10.9 Å². The van der Waals surface area contributed by atoms with Gasteiger partial charge in [0.2, 0.25) is 5.91 Å². The molecule has 0 aliphatic carbocycles. The van der Waals surface area contributed by atoms with Crippen molar-refractivity contribution in [2.24, 2.45) is 0 Å². The zero-order valence-electron chi connectivity index (χ0n) is 16.1. The number of aromatic nitrogens is 3. The van der Waals surface area contributed by atoms with E-state index >= 15 is 0 Å². The van der Waals surface area contributed by atoms with Gasteiger partial charge in [0.25, 0.3) is 5.56 Å². The highest BCUT2D eigenvalue weighted by molar-refractivity contribution is 7.99. The number of nitrogens with zero attached hydrogens (tertiary/aromatic N) is 2. The Morgan fingerprint density at radius 3 is 2.55 bits per heavy atom. The third-order valence-electron chi connectivity index (χ3n) is 4.38. The minimum Gasteiger partial charge on any atom is -0.353 e. The zero-order chi connectivity index (χ0) is 22.1. The fraction of sp³-hybridized carbons (Fsp3) is 0.0952. The second kappa shape index (κ2) is 8.31. The smallest absolute Gasteiger partial charge is 0.283 e. The SMILES string of the molecule is Cc1cc2nc(SCC(=O)Nc3cc(F)ccc3F)n(-c3ccc(F)cc3)c(=O)c2[nH]1. The lowest BCUT2D eigenvalue weighted by molar-refractivity contribution is -0.113. The van der Waals surface area contributed by atoms with Gasteiger partial charge < -0.3 is 10.3 Å². The quantitative estimate of drug-likeness (QED) is 0.358. The van der Waals surface area contributed by atoms with Crippen molar-refractivity contribution in [2.75, 3.05) is 11.1 Å². The molecule has 0 bridgehead atoms. The minimum atomic E-state index is -0.773. The first-order chi connectivity index (χ1) is 14.8. The second-order valence-electron chi connectivity index (χ2n) is 6.68. The molecule has 2 aromatic heterocycles. The van der Waals surface area contributed by atoms with Gasteiger partial charge in [-0.05, 0) is 49.4 Å². The Hall–Kier alpha value is -3.53. The lowest BCUT2D eigenvalue weighted by Crippen LogP contribution is -2.23. The molecule has 4 aromatic rings. The molecular formula is C21H15F3N4O2S. The highest BCUT2D eigenvalue weighted by Gasteiger charge is 2.17. The number of halogens is 3. The van der Waals surface area contributed by atoms with Crippen molar-refractivity contribution in [3.05, 3.63) is 82.0 Å². The Balaban J connectivity index is 1.67. The average Bonchev–Trinajstić information content (AvgIpc) is 3.11. The van der Waals surface area contributed by atoms with E-state index in [-0.39, 0.29) is 22.1 Å². The number of nitrogens with one attached hydrogen (secondary N) is 2. The molecular weight excluding hydrogens is 429 g/mol. The Labute approximate surface area is 178 Å². The van der Waals surface area contributed by atoms with Gasteiger partial charge in [0.15, 0.2) is 5.16 Å². The van der Waals surface area contributed by atoms with Gasteiger partial charge in [-0.15, -0.1) is 0 Å². The molecule has 0 aliphatic rings. The van der Waals surface area contributed by atoms with Crippen LogP contribution in [0.5, 0.6) is 0 Å². The minimum absolute atomic E-state index is 0.193. The molecule has 10 heteroatoms. The first-order valence-corrected chi connectivity index (χ1v) is 10.1. The molecule has 6 nitrogen and oxygen atoms in total. The summed E-state index contributed by atoms with van der Waals surface area (Å²) in [6.45, 7) is 1.77. The predicted molar refractivity (Wildman–Crippen MR) is 112 cm³/mol. The molecule has 0 spiro atoms. The van der Waals surface area contributed by atoms with Gasteiger partial charge >= 0.3 is 0 Å². The summed E-state index contributed by atoms with van der Waals surface area (Å²) in [5.41, 5.74) is 1.09. The fourth-order valence-electron chi connectivity index (χ4n) is 3.00. The number of anilines is 1. The van der Waals surface area contributed by atoms with Crippen molar-refractivity contribution in [3.63, 3.8) is 0 Å². The Morgan fingerprint density at radius 1 is 1.10 bits per heavy atom. The van der Waals surface area contributed by atoms with Crippen LogP contribution in [0.15, 0.2) is 58.5 Å². The Bertz CT molecular complexity index is 1350. The zero-order valence-corrected chi connectivity index (χ0v) is 16.9. The van der Waals surface area contributed by atoms with Gasteiger partial charge in [-0.3, -0.25) is 14.2 Å². The molecule has 31 heavy (non-hydrogen) atoms. The third-order valence-corrected chi connectivity index (χ3v) is 5.31. The summed E-state index contributed by atoms with van der Waals surface area (Å²) in [6, 6.07) is 9.68. The predicted octanol–water partition coefficient (Wildman–Crippen LogP) is 4.17. The molecule has 0 saturated carbocycles. The molecule has 0 radical (unpaired) electrons. The normalized spacial score (nSPS) is 11.1. The lowest BCUT2D eigenvalue weighted by Gasteiger charge is -2.12. The number of hydrogen-bond donors (Lipinski definition) is 2. The van der Waals surface area contributed by atoms with Gasteiger partial charge in [0.05, 0.1) is 22.6 Å². The van der Waals surface area contributed by atoms with Gasteiger partial charge in [-0.1, -0.05) is 11.8 Å². The number of rotatable bonds is 5. The van der Waals surface area contributed by atoms with Crippen LogP contribution in [-0.2, 0) is 4.79 Å². The van der Waals surface area contributed by atoms with Crippen molar-refractivity contribution in [1.82, 2.24) is 14.5 Å². The first kappa shape index (κ1) is 20.7. The van der Waals surface area contributed by atoms with E-state index in [0.29, 0.717) is 11.2 Å². The van der Waals surface area contributed by atoms with Crippen LogP contribution in [0.2, 0.25) is 0 Å². The summed E-state index contributed by atoms with van der Waals surface area (Å²) < 4.78 is 41.7. The number of carbonyl (C=O) groups is 1. The van der Waals surface area contributed by atoms with Gasteiger partial charge in [0, 0.05) is 11.8 Å². The van der Waals surface area contributed by atoms with E-state index in [0.717, 1.165) is 35.7 Å². The highest BCUT2D eigenvalue weighted by Crippen LogP contribution is 2.23. The molecule has 0 saturated heterocycles. The van der Waals surface area contributed by atoms with Crippen LogP contribution in [0.25, 0.3) is 16.7 Å². The molecule has 2 heterocycles. The molecule has 2 aromatic carbocycles. The number of hydrogen-bond acceptors (Lipinski definition) is 4. The molecule has 158 valence electrons. The largest absolute Gasteiger partial charge is 0.353 e. The van der Waals surface area contributed by atoms with Gasteiger partial charge in [-0.25, -0.2) is 18.2 Å². The summed E-state index contributed by atoms with van der Waals surface area (Å²) >= 11 is 0.938. The molecule has 1 amide bonds. The fourth-order valence-corrected chi connectivity index (χ4v) is 3.81. The Morgan fingerprint density at radius 2 is 1.81 bits per heavy atom. The number of fused-ring (bicyclic) bond motifs is 1. The maximum atomic E-state index is 13.8. The topological polar surface area (TPSA) is 79.8 Å².